The Morgan fingerprint density at radius 3 is 1.66 bits per heavy atom. The van der Waals surface area contributed by atoms with E-state index >= 15 is 0 Å². The number of nitrogens with zero attached hydrogens (tertiary/aromatic N) is 2. The predicted molar refractivity (Wildman–Crippen MR) is 118 cm³/mol. The summed E-state index contributed by atoms with van der Waals surface area (Å²) in [7, 11) is 0. The van der Waals surface area contributed by atoms with Gasteiger partial charge in [-0.1, -0.05) is 72.8 Å². The number of hydrazine groups is 1. The zero-order valence-electron chi connectivity index (χ0n) is 17.2. The highest BCUT2D eigenvalue weighted by Crippen LogP contribution is 2.48. The number of nitrogens with one attached hydrogen (secondary N) is 1. The molecule has 6 heteroatoms. The summed E-state index contributed by atoms with van der Waals surface area (Å²) < 4.78 is 0. The van der Waals surface area contributed by atoms with Crippen molar-refractivity contribution in [3.63, 3.8) is 0 Å². The van der Waals surface area contributed by atoms with Gasteiger partial charge in [-0.25, -0.2) is 0 Å². The Bertz CT molecular complexity index is 1110. The molecular formula is C26H21N3O3. The number of carbonyl (C=O) groups excluding carboxylic acids is 3. The summed E-state index contributed by atoms with van der Waals surface area (Å²) in [6.07, 6.45) is 7.02. The number of amides is 3. The van der Waals surface area contributed by atoms with Gasteiger partial charge in [0.05, 0.1) is 11.8 Å². The second-order valence-corrected chi connectivity index (χ2v) is 8.00. The van der Waals surface area contributed by atoms with Gasteiger partial charge in [0.25, 0.3) is 17.7 Å². The molecule has 6 nitrogen and oxygen atoms in total. The molecule has 32 heavy (non-hydrogen) atoms. The van der Waals surface area contributed by atoms with Gasteiger partial charge in [0.1, 0.15) is 0 Å². The maximum absolute atomic E-state index is 13.5. The van der Waals surface area contributed by atoms with Gasteiger partial charge in [0.15, 0.2) is 0 Å². The highest BCUT2D eigenvalue weighted by Gasteiger charge is 2.55. The van der Waals surface area contributed by atoms with Crippen LogP contribution in [0.5, 0.6) is 0 Å². The minimum atomic E-state index is -0.599. The topological polar surface area (TPSA) is 79.4 Å². The highest BCUT2D eigenvalue weighted by molar-refractivity contribution is 6.09. The summed E-state index contributed by atoms with van der Waals surface area (Å²) >= 11 is 0. The second kappa shape index (κ2) is 8.23. The molecule has 1 aromatic heterocycles. The number of pyridine rings is 1. The van der Waals surface area contributed by atoms with Crippen molar-refractivity contribution in [1.82, 2.24) is 15.4 Å². The van der Waals surface area contributed by atoms with Crippen LogP contribution in [0, 0.1) is 11.8 Å². The molecule has 1 aliphatic heterocycles. The summed E-state index contributed by atoms with van der Waals surface area (Å²) in [5.74, 6) is -2.99. The van der Waals surface area contributed by atoms with Gasteiger partial charge < -0.3 is 0 Å². The molecular weight excluding hydrogens is 402 g/mol. The summed E-state index contributed by atoms with van der Waals surface area (Å²) in [6.45, 7) is 0. The molecule has 0 saturated carbocycles. The molecule has 0 spiro atoms. The Morgan fingerprint density at radius 2 is 1.19 bits per heavy atom. The van der Waals surface area contributed by atoms with Gasteiger partial charge in [-0.2, -0.15) is 5.01 Å². The normalized spacial score (nSPS) is 24.3. The number of imide groups is 1. The molecule has 2 aromatic carbocycles. The average molecular weight is 423 g/mol. The fraction of sp³-hybridized carbons (Fsp3) is 0.154. The Morgan fingerprint density at radius 1 is 0.719 bits per heavy atom. The van der Waals surface area contributed by atoms with Crippen LogP contribution in [-0.4, -0.2) is 27.7 Å². The maximum Gasteiger partial charge on any atom is 0.270 e. The van der Waals surface area contributed by atoms with Crippen LogP contribution in [-0.2, 0) is 9.59 Å². The molecule has 0 bridgehead atoms. The molecule has 1 N–H and O–H groups in total. The largest absolute Gasteiger partial charge is 0.272 e. The zero-order valence-corrected chi connectivity index (χ0v) is 17.2. The first-order valence-electron chi connectivity index (χ1n) is 10.5. The lowest BCUT2D eigenvalue weighted by molar-refractivity contribution is -0.142. The van der Waals surface area contributed by atoms with Gasteiger partial charge in [0.2, 0.25) is 0 Å². The Kier molecular flexibility index (Phi) is 5.11. The van der Waals surface area contributed by atoms with Crippen LogP contribution in [0.3, 0.4) is 0 Å². The van der Waals surface area contributed by atoms with Crippen LogP contribution in [0.4, 0.5) is 0 Å². The maximum atomic E-state index is 13.5. The number of aromatic nitrogens is 1. The third-order valence-corrected chi connectivity index (χ3v) is 6.22. The summed E-state index contributed by atoms with van der Waals surface area (Å²) in [5.41, 5.74) is 4.79. The van der Waals surface area contributed by atoms with Crippen LogP contribution >= 0.6 is 0 Å². The molecule has 5 rings (SSSR count). The lowest BCUT2D eigenvalue weighted by Crippen LogP contribution is -2.46. The number of benzene rings is 2. The van der Waals surface area contributed by atoms with E-state index in [0.29, 0.717) is 5.56 Å². The van der Waals surface area contributed by atoms with E-state index in [9.17, 15) is 14.4 Å². The Balaban J connectivity index is 1.53. The van der Waals surface area contributed by atoms with Gasteiger partial charge in [-0.05, 0) is 23.3 Å². The molecule has 0 unspecified atom stereocenters. The van der Waals surface area contributed by atoms with Crippen molar-refractivity contribution in [2.75, 3.05) is 0 Å². The van der Waals surface area contributed by atoms with Crippen molar-refractivity contribution in [3.8, 4) is 0 Å². The van der Waals surface area contributed by atoms with Crippen molar-refractivity contribution < 1.29 is 14.4 Å². The number of fused-ring (bicyclic) bond motifs is 1. The molecule has 2 aliphatic rings. The first-order valence-corrected chi connectivity index (χ1v) is 10.5. The van der Waals surface area contributed by atoms with E-state index < -0.39 is 17.7 Å². The third kappa shape index (κ3) is 3.39. The van der Waals surface area contributed by atoms with Gasteiger partial charge in [-0.15, -0.1) is 0 Å². The van der Waals surface area contributed by atoms with E-state index in [2.05, 4.69) is 10.4 Å². The number of allylic oxidation sites excluding steroid dienone is 2. The lowest BCUT2D eigenvalue weighted by atomic mass is 9.68. The van der Waals surface area contributed by atoms with Gasteiger partial charge >= 0.3 is 0 Å². The molecule has 3 aromatic rings. The second-order valence-electron chi connectivity index (χ2n) is 8.00. The number of rotatable bonds is 4. The van der Waals surface area contributed by atoms with Crippen molar-refractivity contribution in [1.29, 1.82) is 0 Å². The van der Waals surface area contributed by atoms with E-state index in [1.165, 1.54) is 24.5 Å². The quantitative estimate of drug-likeness (QED) is 0.515. The molecule has 1 saturated heterocycles. The number of carbonyl (C=O) groups is 3. The van der Waals surface area contributed by atoms with E-state index in [1.54, 1.807) is 0 Å². The van der Waals surface area contributed by atoms with Crippen molar-refractivity contribution in [2.45, 2.75) is 11.8 Å². The van der Waals surface area contributed by atoms with E-state index in [4.69, 9.17) is 0 Å². The third-order valence-electron chi connectivity index (χ3n) is 6.22. The number of hydrogen-bond acceptors (Lipinski definition) is 4. The zero-order chi connectivity index (χ0) is 22.1. The number of hydrogen-bond donors (Lipinski definition) is 1. The molecule has 3 amide bonds. The van der Waals surface area contributed by atoms with E-state index in [1.807, 2.05) is 72.8 Å². The van der Waals surface area contributed by atoms with Gasteiger partial charge in [-0.3, -0.25) is 24.8 Å². The Labute approximate surface area is 185 Å². The van der Waals surface area contributed by atoms with Crippen molar-refractivity contribution >= 4 is 17.7 Å². The molecule has 0 radical (unpaired) electrons. The molecule has 158 valence electrons. The monoisotopic (exact) mass is 423 g/mol. The minimum absolute atomic E-state index is 0.250. The van der Waals surface area contributed by atoms with Crippen molar-refractivity contribution in [3.05, 3.63) is 114 Å². The standard InChI is InChI=1S/C26H21N3O3/c30-24(19-13-15-27-16-14-19)28-29-25(31)22-20(17-7-3-1-4-8-17)11-12-21(23(22)26(29)32)18-9-5-2-6-10-18/h1-16,20-23H,(H,28,30)/t20-,21-,22-,23+/m1/s1. The van der Waals surface area contributed by atoms with Crippen LogP contribution in [0.15, 0.2) is 97.3 Å². The highest BCUT2D eigenvalue weighted by atomic mass is 16.2. The summed E-state index contributed by atoms with van der Waals surface area (Å²) in [6, 6.07) is 22.5. The average Bonchev–Trinajstić information content (AvgIpc) is 3.10. The molecule has 2 heterocycles. The Hall–Kier alpha value is -4.06. The lowest BCUT2D eigenvalue weighted by Gasteiger charge is -2.32. The first kappa shape index (κ1) is 19.9. The molecule has 1 fully saturated rings. The fourth-order valence-electron chi connectivity index (χ4n) is 4.71. The van der Waals surface area contributed by atoms with Crippen molar-refractivity contribution in [2.24, 2.45) is 11.8 Å². The smallest absolute Gasteiger partial charge is 0.270 e. The molecule has 1 aliphatic carbocycles. The minimum Gasteiger partial charge on any atom is -0.272 e. The van der Waals surface area contributed by atoms with E-state index in [0.717, 1.165) is 16.1 Å². The predicted octanol–water partition coefficient (Wildman–Crippen LogP) is 3.47. The summed E-state index contributed by atoms with van der Waals surface area (Å²) in [5, 5.41) is 0.914. The van der Waals surface area contributed by atoms with Crippen LogP contribution in [0.1, 0.15) is 33.3 Å². The van der Waals surface area contributed by atoms with Gasteiger partial charge in [0, 0.05) is 29.8 Å². The molecule has 4 atom stereocenters. The van der Waals surface area contributed by atoms with E-state index in [-0.39, 0.29) is 23.7 Å². The van der Waals surface area contributed by atoms with Crippen LogP contribution in [0.2, 0.25) is 0 Å². The first-order chi connectivity index (χ1) is 15.6. The fourth-order valence-corrected chi connectivity index (χ4v) is 4.71. The SMILES string of the molecule is O=C(NN1C(=O)[C@@H]2[C@H](C1=O)[C@@H](c1ccccc1)C=C[C@@H]2c1ccccc1)c1ccncc1. The summed E-state index contributed by atoms with van der Waals surface area (Å²) in [4.78, 5) is 43.6. The van der Waals surface area contributed by atoms with Crippen LogP contribution in [0.25, 0.3) is 0 Å². The van der Waals surface area contributed by atoms with Crippen LogP contribution < -0.4 is 5.43 Å².